The minimum atomic E-state index is -0.308. The van der Waals surface area contributed by atoms with Crippen LogP contribution in [0.15, 0.2) is 18.2 Å². The molecule has 0 aliphatic carbocycles. The third-order valence-electron chi connectivity index (χ3n) is 2.42. The third-order valence-corrected chi connectivity index (χ3v) is 3.28. The van der Waals surface area contributed by atoms with Crippen molar-refractivity contribution in [2.24, 2.45) is 0 Å². The zero-order valence-corrected chi connectivity index (χ0v) is 10.2. The maximum absolute atomic E-state index is 13.1. The first-order valence-corrected chi connectivity index (χ1v) is 5.78. The Labute approximate surface area is 103 Å². The van der Waals surface area contributed by atoms with Gasteiger partial charge in [-0.15, -0.1) is 0 Å². The molecule has 1 N–H and O–H groups in total. The average molecular weight is 247 g/mol. The molecule has 0 saturated heterocycles. The first-order chi connectivity index (χ1) is 8.11. The molecular formula is C12H10FN3S. The highest BCUT2D eigenvalue weighted by molar-refractivity contribution is 7.10. The van der Waals surface area contributed by atoms with E-state index in [9.17, 15) is 4.39 Å². The molecule has 1 aromatic heterocycles. The van der Waals surface area contributed by atoms with E-state index in [-0.39, 0.29) is 5.82 Å². The Morgan fingerprint density at radius 3 is 2.88 bits per heavy atom. The molecule has 0 aliphatic heterocycles. The van der Waals surface area contributed by atoms with Crippen molar-refractivity contribution in [2.75, 3.05) is 5.32 Å². The summed E-state index contributed by atoms with van der Waals surface area (Å²) in [4.78, 5) is 0. The lowest BCUT2D eigenvalue weighted by atomic mass is 10.2. The van der Waals surface area contributed by atoms with Gasteiger partial charge in [0.05, 0.1) is 5.69 Å². The summed E-state index contributed by atoms with van der Waals surface area (Å²) in [5, 5.41) is 12.7. The second kappa shape index (κ2) is 4.52. The van der Waals surface area contributed by atoms with Crippen molar-refractivity contribution in [3.8, 4) is 6.07 Å². The topological polar surface area (TPSA) is 48.7 Å². The van der Waals surface area contributed by atoms with Gasteiger partial charge in [0.15, 0.2) is 0 Å². The molecule has 0 atom stereocenters. The van der Waals surface area contributed by atoms with E-state index < -0.39 is 0 Å². The Morgan fingerprint density at radius 2 is 2.18 bits per heavy atom. The molecule has 0 unspecified atom stereocenters. The second-order valence-corrected chi connectivity index (χ2v) is 4.44. The van der Waals surface area contributed by atoms with Crippen molar-refractivity contribution in [1.82, 2.24) is 4.37 Å². The summed E-state index contributed by atoms with van der Waals surface area (Å²) in [7, 11) is 0. The fourth-order valence-corrected chi connectivity index (χ4v) is 2.20. The smallest absolute Gasteiger partial charge is 0.132 e. The fourth-order valence-electron chi connectivity index (χ4n) is 1.44. The number of nitrogens with zero attached hydrogens (tertiary/aromatic N) is 2. The number of halogens is 1. The second-order valence-electron chi connectivity index (χ2n) is 3.67. The van der Waals surface area contributed by atoms with Gasteiger partial charge < -0.3 is 5.32 Å². The van der Waals surface area contributed by atoms with E-state index in [0.717, 1.165) is 5.56 Å². The molecule has 0 saturated carbocycles. The van der Waals surface area contributed by atoms with Crippen LogP contribution in [0, 0.1) is 31.0 Å². The largest absolute Gasteiger partial charge is 0.345 e. The van der Waals surface area contributed by atoms with E-state index in [1.54, 1.807) is 13.0 Å². The molecule has 1 heterocycles. The van der Waals surface area contributed by atoms with Crippen LogP contribution in [-0.2, 0) is 0 Å². The summed E-state index contributed by atoms with van der Waals surface area (Å²) in [5.74, 6) is -0.308. The molecule has 0 amide bonds. The maximum Gasteiger partial charge on any atom is 0.132 e. The van der Waals surface area contributed by atoms with Crippen LogP contribution in [0.1, 0.15) is 16.8 Å². The molecule has 17 heavy (non-hydrogen) atoms. The molecule has 0 fully saturated rings. The highest BCUT2D eigenvalue weighted by Crippen LogP contribution is 2.28. The van der Waals surface area contributed by atoms with Crippen LogP contribution in [0.3, 0.4) is 0 Å². The Morgan fingerprint density at radius 1 is 1.41 bits per heavy atom. The van der Waals surface area contributed by atoms with Crippen molar-refractivity contribution < 1.29 is 4.39 Å². The van der Waals surface area contributed by atoms with Gasteiger partial charge in [-0.05, 0) is 43.1 Å². The normalized spacial score (nSPS) is 10.0. The van der Waals surface area contributed by atoms with Crippen LogP contribution in [-0.4, -0.2) is 4.37 Å². The SMILES string of the molecule is Cc1ccc(F)cc1Nc1snc(C)c1C#N. The number of nitrogens with one attached hydrogen (secondary N) is 1. The molecule has 86 valence electrons. The van der Waals surface area contributed by atoms with E-state index in [2.05, 4.69) is 15.8 Å². The van der Waals surface area contributed by atoms with Crippen LogP contribution in [0.4, 0.5) is 15.1 Å². The Hall–Kier alpha value is -1.93. The Bertz CT molecular complexity index is 598. The van der Waals surface area contributed by atoms with Crippen molar-refractivity contribution in [3.63, 3.8) is 0 Å². The van der Waals surface area contributed by atoms with Crippen molar-refractivity contribution >= 4 is 22.2 Å². The van der Waals surface area contributed by atoms with Crippen molar-refractivity contribution in [1.29, 1.82) is 5.26 Å². The molecule has 0 bridgehead atoms. The lowest BCUT2D eigenvalue weighted by Crippen LogP contribution is -1.94. The number of anilines is 2. The summed E-state index contributed by atoms with van der Waals surface area (Å²) >= 11 is 1.20. The van der Waals surface area contributed by atoms with E-state index in [1.807, 2.05) is 6.92 Å². The predicted octanol–water partition coefficient (Wildman–Crippen LogP) is 3.51. The first-order valence-electron chi connectivity index (χ1n) is 5.01. The highest BCUT2D eigenvalue weighted by atomic mass is 32.1. The number of aromatic nitrogens is 1. The number of aryl methyl sites for hydroxylation is 2. The van der Waals surface area contributed by atoms with Crippen molar-refractivity contribution in [3.05, 3.63) is 40.8 Å². The zero-order valence-electron chi connectivity index (χ0n) is 9.41. The fraction of sp³-hybridized carbons (Fsp3) is 0.167. The van der Waals surface area contributed by atoms with Gasteiger partial charge in [-0.3, -0.25) is 0 Å². The van der Waals surface area contributed by atoms with Crippen LogP contribution >= 0.6 is 11.5 Å². The number of rotatable bonds is 2. The number of hydrogen-bond acceptors (Lipinski definition) is 4. The van der Waals surface area contributed by atoms with Gasteiger partial charge >= 0.3 is 0 Å². The molecule has 2 rings (SSSR count). The standard InChI is InChI=1S/C12H10FN3S/c1-7-3-4-9(13)5-11(7)15-12-10(6-14)8(2)16-17-12/h3-5,15H,1-2H3. The number of hydrogen-bond donors (Lipinski definition) is 1. The number of benzene rings is 1. The quantitative estimate of drug-likeness (QED) is 0.883. The van der Waals surface area contributed by atoms with E-state index >= 15 is 0 Å². The van der Waals surface area contributed by atoms with Gasteiger partial charge in [0.2, 0.25) is 0 Å². The van der Waals surface area contributed by atoms with E-state index in [4.69, 9.17) is 5.26 Å². The highest BCUT2D eigenvalue weighted by Gasteiger charge is 2.11. The minimum Gasteiger partial charge on any atom is -0.345 e. The van der Waals surface area contributed by atoms with E-state index in [0.29, 0.717) is 21.9 Å². The summed E-state index contributed by atoms with van der Waals surface area (Å²) < 4.78 is 17.2. The summed E-state index contributed by atoms with van der Waals surface area (Å²) in [6.45, 7) is 3.65. The summed E-state index contributed by atoms with van der Waals surface area (Å²) in [6, 6.07) is 6.60. The lowest BCUT2D eigenvalue weighted by Gasteiger charge is -2.07. The molecule has 0 aliphatic rings. The Balaban J connectivity index is 2.38. The van der Waals surface area contributed by atoms with Crippen LogP contribution in [0.2, 0.25) is 0 Å². The molecule has 2 aromatic rings. The van der Waals surface area contributed by atoms with E-state index in [1.165, 1.54) is 23.7 Å². The van der Waals surface area contributed by atoms with Gasteiger partial charge in [-0.25, -0.2) is 4.39 Å². The van der Waals surface area contributed by atoms with Crippen LogP contribution in [0.25, 0.3) is 0 Å². The maximum atomic E-state index is 13.1. The van der Waals surface area contributed by atoms with Crippen LogP contribution in [0.5, 0.6) is 0 Å². The molecule has 0 radical (unpaired) electrons. The van der Waals surface area contributed by atoms with Crippen LogP contribution < -0.4 is 5.32 Å². The van der Waals surface area contributed by atoms with Gasteiger partial charge in [-0.2, -0.15) is 9.64 Å². The lowest BCUT2D eigenvalue weighted by molar-refractivity contribution is 0.628. The monoisotopic (exact) mass is 247 g/mol. The predicted molar refractivity (Wildman–Crippen MR) is 66.0 cm³/mol. The van der Waals surface area contributed by atoms with Gasteiger partial charge in [-0.1, -0.05) is 6.07 Å². The summed E-state index contributed by atoms with van der Waals surface area (Å²) in [6.07, 6.45) is 0. The average Bonchev–Trinajstić information content (AvgIpc) is 2.64. The Kier molecular flexibility index (Phi) is 3.07. The van der Waals surface area contributed by atoms with Crippen molar-refractivity contribution in [2.45, 2.75) is 13.8 Å². The van der Waals surface area contributed by atoms with Gasteiger partial charge in [0.1, 0.15) is 22.5 Å². The minimum absolute atomic E-state index is 0.308. The third kappa shape index (κ3) is 2.27. The molecule has 1 aromatic carbocycles. The molecule has 0 spiro atoms. The zero-order chi connectivity index (χ0) is 12.4. The van der Waals surface area contributed by atoms with Gasteiger partial charge in [0, 0.05) is 5.69 Å². The molecule has 3 nitrogen and oxygen atoms in total. The molecular weight excluding hydrogens is 237 g/mol. The van der Waals surface area contributed by atoms with Gasteiger partial charge in [0.25, 0.3) is 0 Å². The molecule has 5 heteroatoms. The first kappa shape index (κ1) is 11.6. The summed E-state index contributed by atoms with van der Waals surface area (Å²) in [5.41, 5.74) is 2.78. The number of nitriles is 1.